The van der Waals surface area contributed by atoms with Gasteiger partial charge in [0.05, 0.1) is 17.1 Å². The number of carbonyl (C=O) groups is 1. The Labute approximate surface area is 190 Å². The molecule has 0 saturated carbocycles. The first-order valence-electron chi connectivity index (χ1n) is 10.8. The molecule has 164 valence electrons. The Kier molecular flexibility index (Phi) is 5.43. The van der Waals surface area contributed by atoms with E-state index >= 15 is 0 Å². The summed E-state index contributed by atoms with van der Waals surface area (Å²) < 4.78 is 15.1. The van der Waals surface area contributed by atoms with Crippen molar-refractivity contribution in [3.63, 3.8) is 0 Å². The zero-order chi connectivity index (χ0) is 22.2. The number of nitrogens with zero attached hydrogens (tertiary/aromatic N) is 4. The van der Waals surface area contributed by atoms with Gasteiger partial charge < -0.3 is 9.80 Å². The van der Waals surface area contributed by atoms with E-state index in [0.29, 0.717) is 19.6 Å². The molecule has 5 nitrogen and oxygen atoms in total. The van der Waals surface area contributed by atoms with E-state index in [4.69, 9.17) is 0 Å². The molecule has 0 atom stereocenters. The van der Waals surface area contributed by atoms with Crippen molar-refractivity contribution in [1.29, 1.82) is 0 Å². The predicted molar refractivity (Wildman–Crippen MR) is 127 cm³/mol. The molecule has 2 aromatic heterocycles. The van der Waals surface area contributed by atoms with E-state index < -0.39 is 0 Å². The Morgan fingerprint density at radius 3 is 2.50 bits per heavy atom. The summed E-state index contributed by atoms with van der Waals surface area (Å²) in [5, 5.41) is 5.65. The topological polar surface area (TPSA) is 41.4 Å². The molecule has 2 aromatic carbocycles. The summed E-state index contributed by atoms with van der Waals surface area (Å²) in [5.41, 5.74) is 4.35. The summed E-state index contributed by atoms with van der Waals surface area (Å²) in [4.78, 5) is 19.2. The van der Waals surface area contributed by atoms with Crippen LogP contribution in [0.25, 0.3) is 10.2 Å². The molecule has 32 heavy (non-hydrogen) atoms. The van der Waals surface area contributed by atoms with Gasteiger partial charge in [0, 0.05) is 37.3 Å². The smallest absolute Gasteiger partial charge is 0.264 e. The highest BCUT2D eigenvalue weighted by molar-refractivity contribution is 7.20. The number of benzene rings is 2. The van der Waals surface area contributed by atoms with Crippen molar-refractivity contribution in [3.8, 4) is 0 Å². The molecule has 5 rings (SSSR count). The number of hydrogen-bond donors (Lipinski definition) is 0. The minimum atomic E-state index is -0.248. The number of fused-ring (bicyclic) bond motifs is 1. The van der Waals surface area contributed by atoms with Crippen molar-refractivity contribution in [2.75, 3.05) is 31.1 Å². The summed E-state index contributed by atoms with van der Waals surface area (Å²) >= 11 is 1.49. The first-order valence-corrected chi connectivity index (χ1v) is 11.6. The summed E-state index contributed by atoms with van der Waals surface area (Å²) in [5.74, 6) is -0.162. The zero-order valence-corrected chi connectivity index (χ0v) is 19.0. The lowest BCUT2D eigenvalue weighted by Crippen LogP contribution is -2.48. The Morgan fingerprint density at radius 1 is 1.03 bits per heavy atom. The van der Waals surface area contributed by atoms with E-state index in [0.717, 1.165) is 39.4 Å². The number of aromatic nitrogens is 2. The lowest BCUT2D eigenvalue weighted by Gasteiger charge is -2.36. The second-order valence-electron chi connectivity index (χ2n) is 8.32. The zero-order valence-electron chi connectivity index (χ0n) is 18.2. The lowest BCUT2D eigenvalue weighted by molar-refractivity contribution is 0.0751. The van der Waals surface area contributed by atoms with Gasteiger partial charge in [-0.3, -0.25) is 9.48 Å². The Bertz CT molecular complexity index is 1270. The van der Waals surface area contributed by atoms with Crippen LogP contribution in [0.2, 0.25) is 0 Å². The van der Waals surface area contributed by atoms with Crippen molar-refractivity contribution in [2.24, 2.45) is 0 Å². The SMILES string of the molecule is Cc1cccc(N2CCN(C(=O)c3cc4c(C)nn(Cc5ccc(F)cc5)c4s3)CC2)c1. The van der Waals surface area contributed by atoms with Gasteiger partial charge in [0.25, 0.3) is 5.91 Å². The monoisotopic (exact) mass is 448 g/mol. The van der Waals surface area contributed by atoms with Gasteiger partial charge in [-0.1, -0.05) is 24.3 Å². The number of piperazine rings is 1. The summed E-state index contributed by atoms with van der Waals surface area (Å²) in [7, 11) is 0. The highest BCUT2D eigenvalue weighted by Gasteiger charge is 2.25. The van der Waals surface area contributed by atoms with Crippen molar-refractivity contribution >= 4 is 33.1 Å². The molecule has 0 unspecified atom stereocenters. The minimum Gasteiger partial charge on any atom is -0.368 e. The quantitative estimate of drug-likeness (QED) is 0.448. The normalized spacial score (nSPS) is 14.3. The Hall–Kier alpha value is -3.19. The number of halogens is 1. The molecule has 0 spiro atoms. The lowest BCUT2D eigenvalue weighted by atomic mass is 10.2. The molecule has 3 heterocycles. The van der Waals surface area contributed by atoms with Gasteiger partial charge in [0.1, 0.15) is 10.6 Å². The Balaban J connectivity index is 1.31. The third kappa shape index (κ3) is 4.00. The van der Waals surface area contributed by atoms with E-state index in [1.807, 2.05) is 22.6 Å². The van der Waals surface area contributed by atoms with Crippen LogP contribution in [0.4, 0.5) is 10.1 Å². The molecule has 1 amide bonds. The van der Waals surface area contributed by atoms with Gasteiger partial charge >= 0.3 is 0 Å². The molecule has 1 aliphatic rings. The van der Waals surface area contributed by atoms with Crippen molar-refractivity contribution in [2.45, 2.75) is 20.4 Å². The maximum atomic E-state index is 13.2. The third-order valence-corrected chi connectivity index (χ3v) is 7.13. The first-order chi connectivity index (χ1) is 15.5. The van der Waals surface area contributed by atoms with E-state index in [1.54, 1.807) is 12.1 Å². The molecule has 1 fully saturated rings. The number of hydrogen-bond acceptors (Lipinski definition) is 4. The maximum Gasteiger partial charge on any atom is 0.264 e. The number of aryl methyl sites for hydroxylation is 2. The second-order valence-corrected chi connectivity index (χ2v) is 9.35. The first kappa shape index (κ1) is 20.7. The fourth-order valence-corrected chi connectivity index (χ4v) is 5.37. The van der Waals surface area contributed by atoms with Crippen LogP contribution in [0, 0.1) is 19.7 Å². The van der Waals surface area contributed by atoms with Gasteiger partial charge in [-0.15, -0.1) is 11.3 Å². The Morgan fingerprint density at radius 2 is 1.78 bits per heavy atom. The fraction of sp³-hybridized carbons (Fsp3) is 0.280. The van der Waals surface area contributed by atoms with Crippen LogP contribution in [0.5, 0.6) is 0 Å². The van der Waals surface area contributed by atoms with E-state index in [-0.39, 0.29) is 11.7 Å². The van der Waals surface area contributed by atoms with E-state index in [1.165, 1.54) is 34.7 Å². The highest BCUT2D eigenvalue weighted by Crippen LogP contribution is 2.30. The largest absolute Gasteiger partial charge is 0.368 e. The second kappa shape index (κ2) is 8.39. The van der Waals surface area contributed by atoms with Crippen molar-refractivity contribution < 1.29 is 9.18 Å². The maximum absolute atomic E-state index is 13.2. The van der Waals surface area contributed by atoms with Crippen LogP contribution < -0.4 is 4.90 Å². The highest BCUT2D eigenvalue weighted by atomic mass is 32.1. The number of carbonyl (C=O) groups excluding carboxylic acids is 1. The standard InChI is InChI=1S/C25H25FN4OS/c1-17-4-3-5-21(14-17)28-10-12-29(13-11-28)24(31)23-15-22-18(2)27-30(25(22)32-23)16-19-6-8-20(26)9-7-19/h3-9,14-15H,10-13,16H2,1-2H3. The number of anilines is 1. The van der Waals surface area contributed by atoms with Crippen molar-refractivity contribution in [3.05, 3.63) is 82.1 Å². The van der Waals surface area contributed by atoms with Crippen LogP contribution in [-0.4, -0.2) is 46.8 Å². The molecule has 0 N–H and O–H groups in total. The summed E-state index contributed by atoms with van der Waals surface area (Å²) in [6.45, 7) is 7.70. The average Bonchev–Trinajstić information content (AvgIpc) is 3.36. The van der Waals surface area contributed by atoms with Gasteiger partial charge in [-0.05, 0) is 55.3 Å². The minimum absolute atomic E-state index is 0.0859. The van der Waals surface area contributed by atoms with Crippen LogP contribution in [-0.2, 0) is 6.54 Å². The van der Waals surface area contributed by atoms with Crippen LogP contribution >= 0.6 is 11.3 Å². The third-order valence-electron chi connectivity index (χ3n) is 6.00. The summed E-state index contributed by atoms with van der Waals surface area (Å²) in [6.07, 6.45) is 0. The molecule has 0 radical (unpaired) electrons. The van der Waals surface area contributed by atoms with Gasteiger partial charge in [0.15, 0.2) is 0 Å². The predicted octanol–water partition coefficient (Wildman–Crippen LogP) is 4.86. The van der Waals surface area contributed by atoms with Gasteiger partial charge in [-0.25, -0.2) is 4.39 Å². The molecule has 7 heteroatoms. The van der Waals surface area contributed by atoms with Crippen LogP contribution in [0.3, 0.4) is 0 Å². The van der Waals surface area contributed by atoms with Crippen molar-refractivity contribution in [1.82, 2.24) is 14.7 Å². The number of rotatable bonds is 4. The molecular weight excluding hydrogens is 423 g/mol. The van der Waals surface area contributed by atoms with Crippen LogP contribution in [0.1, 0.15) is 26.5 Å². The molecular formula is C25H25FN4OS. The molecule has 4 aromatic rings. The molecule has 1 aliphatic heterocycles. The molecule has 1 saturated heterocycles. The van der Waals surface area contributed by atoms with Gasteiger partial charge in [-0.2, -0.15) is 5.10 Å². The average molecular weight is 449 g/mol. The number of amides is 1. The number of thiophene rings is 1. The van der Waals surface area contributed by atoms with E-state index in [2.05, 4.69) is 41.2 Å². The fourth-order valence-electron chi connectivity index (χ4n) is 4.24. The van der Waals surface area contributed by atoms with Crippen LogP contribution in [0.15, 0.2) is 54.6 Å². The molecule has 0 bridgehead atoms. The summed E-state index contributed by atoms with van der Waals surface area (Å²) in [6, 6.07) is 16.9. The van der Waals surface area contributed by atoms with Gasteiger partial charge in [0.2, 0.25) is 0 Å². The van der Waals surface area contributed by atoms with E-state index in [9.17, 15) is 9.18 Å². The molecule has 0 aliphatic carbocycles.